The number of ether oxygens (including phenoxy) is 1. The lowest BCUT2D eigenvalue weighted by atomic mass is 10.2. The van der Waals surface area contributed by atoms with Gasteiger partial charge in [-0.25, -0.2) is 19.3 Å². The highest BCUT2D eigenvalue weighted by Gasteiger charge is 2.05. The molecule has 0 unspecified atom stereocenters. The summed E-state index contributed by atoms with van der Waals surface area (Å²) in [6.07, 6.45) is 2.03. The molecule has 1 aromatic rings. The van der Waals surface area contributed by atoms with Crippen LogP contribution in [0.4, 0.5) is 0 Å². The van der Waals surface area contributed by atoms with Gasteiger partial charge < -0.3 is 10.1 Å². The molecule has 0 amide bonds. The Hall–Kier alpha value is -1.64. The molecule has 8 heteroatoms. The highest BCUT2D eigenvalue weighted by atomic mass is 32.2. The molecule has 0 spiro atoms. The molecule has 0 saturated heterocycles. The third-order valence-corrected chi connectivity index (χ3v) is 3.85. The highest BCUT2D eigenvalue weighted by molar-refractivity contribution is 7.90. The van der Waals surface area contributed by atoms with Crippen molar-refractivity contribution >= 4 is 15.8 Å². The van der Waals surface area contributed by atoms with Crippen molar-refractivity contribution in [1.82, 2.24) is 10.7 Å². The smallest absolute Gasteiger partial charge is 0.206 e. The van der Waals surface area contributed by atoms with E-state index in [-0.39, 0.29) is 0 Å². The number of hydrogen-bond donors (Lipinski definition) is 3. The molecule has 0 fully saturated rings. The number of benzene rings is 1. The van der Waals surface area contributed by atoms with E-state index in [2.05, 4.69) is 15.7 Å². The molecule has 0 aliphatic rings. The van der Waals surface area contributed by atoms with Gasteiger partial charge in [-0.2, -0.15) is 0 Å². The highest BCUT2D eigenvalue weighted by Crippen LogP contribution is 2.10. The summed E-state index contributed by atoms with van der Waals surface area (Å²) in [4.78, 5) is 4.58. The second-order valence-electron chi connectivity index (χ2n) is 4.50. The number of sulfone groups is 1. The predicted octanol–water partition coefficient (Wildman–Crippen LogP) is 0.0355. The van der Waals surface area contributed by atoms with Gasteiger partial charge in [0.05, 0.1) is 11.4 Å². The molecule has 0 bridgehead atoms. The van der Waals surface area contributed by atoms with Crippen LogP contribution < -0.4 is 16.6 Å². The first-order valence-electron chi connectivity index (χ1n) is 6.50. The zero-order chi connectivity index (χ0) is 15.7. The minimum absolute atomic E-state index is 0.296. The van der Waals surface area contributed by atoms with E-state index < -0.39 is 9.84 Å². The van der Waals surface area contributed by atoms with Gasteiger partial charge in [0.25, 0.3) is 0 Å². The largest absolute Gasteiger partial charge is 0.385 e. The van der Waals surface area contributed by atoms with Crippen LogP contribution in [-0.4, -0.2) is 40.9 Å². The first kappa shape index (κ1) is 17.4. The van der Waals surface area contributed by atoms with Gasteiger partial charge >= 0.3 is 0 Å². The normalized spacial score (nSPS) is 12.2. The molecule has 0 aliphatic heterocycles. The predicted molar refractivity (Wildman–Crippen MR) is 82.5 cm³/mol. The van der Waals surface area contributed by atoms with Crippen LogP contribution in [0.25, 0.3) is 0 Å². The Kier molecular flexibility index (Phi) is 7.13. The number of guanidine groups is 1. The Morgan fingerprint density at radius 3 is 2.52 bits per heavy atom. The second-order valence-corrected chi connectivity index (χ2v) is 6.51. The summed E-state index contributed by atoms with van der Waals surface area (Å²) in [5, 5.41) is 3.05. The third-order valence-electron chi connectivity index (χ3n) is 2.73. The second kappa shape index (κ2) is 8.60. The standard InChI is InChI=1S/C13H22N4O3S/c1-20-9-3-8-15-13(17-14)16-10-11-4-6-12(7-5-11)21(2,18)19/h4-7H,3,8-10,14H2,1-2H3,(H2,15,16,17). The summed E-state index contributed by atoms with van der Waals surface area (Å²) in [5.74, 6) is 5.86. The Bertz CT molecular complexity index is 555. The van der Waals surface area contributed by atoms with Gasteiger partial charge in [0.1, 0.15) is 0 Å². The molecular formula is C13H22N4O3S. The lowest BCUT2D eigenvalue weighted by Gasteiger charge is -2.09. The summed E-state index contributed by atoms with van der Waals surface area (Å²) in [6.45, 7) is 1.77. The van der Waals surface area contributed by atoms with Crippen molar-refractivity contribution in [2.24, 2.45) is 10.8 Å². The van der Waals surface area contributed by atoms with Crippen molar-refractivity contribution in [2.75, 3.05) is 26.5 Å². The molecule has 0 aliphatic carbocycles. The van der Waals surface area contributed by atoms with Crippen molar-refractivity contribution in [3.8, 4) is 0 Å². The molecule has 0 radical (unpaired) electrons. The van der Waals surface area contributed by atoms with E-state index in [9.17, 15) is 8.42 Å². The lowest BCUT2D eigenvalue weighted by molar-refractivity contribution is 0.195. The number of methoxy groups -OCH3 is 1. The van der Waals surface area contributed by atoms with Gasteiger partial charge in [0.2, 0.25) is 5.96 Å². The molecule has 7 nitrogen and oxygen atoms in total. The van der Waals surface area contributed by atoms with Crippen molar-refractivity contribution in [3.63, 3.8) is 0 Å². The fourth-order valence-corrected chi connectivity index (χ4v) is 2.22. The maximum absolute atomic E-state index is 11.4. The summed E-state index contributed by atoms with van der Waals surface area (Å²) in [5.41, 5.74) is 3.38. The third kappa shape index (κ3) is 6.56. The molecule has 21 heavy (non-hydrogen) atoms. The van der Waals surface area contributed by atoms with Gasteiger partial charge in [-0.05, 0) is 24.1 Å². The first-order chi connectivity index (χ1) is 9.97. The van der Waals surface area contributed by atoms with Crippen LogP contribution in [0.3, 0.4) is 0 Å². The van der Waals surface area contributed by atoms with E-state index in [1.807, 2.05) is 0 Å². The number of rotatable bonds is 7. The lowest BCUT2D eigenvalue weighted by Crippen LogP contribution is -2.42. The van der Waals surface area contributed by atoms with Gasteiger partial charge in [-0.1, -0.05) is 12.1 Å². The van der Waals surface area contributed by atoms with Gasteiger partial charge in [-0.3, -0.25) is 5.43 Å². The number of nitrogens with two attached hydrogens (primary N) is 1. The van der Waals surface area contributed by atoms with Gasteiger partial charge in [-0.15, -0.1) is 0 Å². The quantitative estimate of drug-likeness (QED) is 0.216. The average molecular weight is 314 g/mol. The zero-order valence-electron chi connectivity index (χ0n) is 12.3. The number of aliphatic imine (C=N–C) groups is 1. The van der Waals surface area contributed by atoms with Crippen molar-refractivity contribution in [3.05, 3.63) is 29.8 Å². The van der Waals surface area contributed by atoms with E-state index >= 15 is 0 Å². The molecule has 4 N–H and O–H groups in total. The number of nitrogens with zero attached hydrogens (tertiary/aromatic N) is 1. The minimum Gasteiger partial charge on any atom is -0.385 e. The SMILES string of the molecule is COCCCNC(=NCc1ccc(S(C)(=O)=O)cc1)NN. The fraction of sp³-hybridized carbons (Fsp3) is 0.462. The summed E-state index contributed by atoms with van der Waals surface area (Å²) < 4.78 is 27.7. The van der Waals surface area contributed by atoms with E-state index in [1.165, 1.54) is 6.26 Å². The molecule has 0 heterocycles. The molecule has 118 valence electrons. The van der Waals surface area contributed by atoms with Gasteiger partial charge in [0.15, 0.2) is 9.84 Å². The van der Waals surface area contributed by atoms with Crippen LogP contribution in [0.15, 0.2) is 34.2 Å². The topological polar surface area (TPSA) is 106 Å². The summed E-state index contributed by atoms with van der Waals surface area (Å²) in [7, 11) is -1.52. The average Bonchev–Trinajstić information content (AvgIpc) is 2.46. The molecule has 0 aromatic heterocycles. The number of nitrogens with one attached hydrogen (secondary N) is 2. The Balaban J connectivity index is 2.56. The van der Waals surface area contributed by atoms with Crippen molar-refractivity contribution in [1.29, 1.82) is 0 Å². The summed E-state index contributed by atoms with van der Waals surface area (Å²) >= 11 is 0. The van der Waals surface area contributed by atoms with Crippen LogP contribution in [0, 0.1) is 0 Å². The monoisotopic (exact) mass is 314 g/mol. The summed E-state index contributed by atoms with van der Waals surface area (Å²) in [6, 6.07) is 6.61. The van der Waals surface area contributed by atoms with Crippen LogP contribution in [0.2, 0.25) is 0 Å². The molecule has 0 saturated carbocycles. The Morgan fingerprint density at radius 2 is 2.00 bits per heavy atom. The van der Waals surface area contributed by atoms with Crippen LogP contribution in [-0.2, 0) is 21.1 Å². The molecule has 0 atom stereocenters. The van der Waals surface area contributed by atoms with E-state index in [0.29, 0.717) is 30.6 Å². The molecule has 1 rings (SSSR count). The van der Waals surface area contributed by atoms with Crippen LogP contribution in [0.5, 0.6) is 0 Å². The van der Waals surface area contributed by atoms with E-state index in [0.717, 1.165) is 12.0 Å². The van der Waals surface area contributed by atoms with Crippen molar-refractivity contribution < 1.29 is 13.2 Å². The van der Waals surface area contributed by atoms with E-state index in [4.69, 9.17) is 10.6 Å². The van der Waals surface area contributed by atoms with Crippen LogP contribution >= 0.6 is 0 Å². The first-order valence-corrected chi connectivity index (χ1v) is 8.39. The maximum atomic E-state index is 11.4. The maximum Gasteiger partial charge on any atom is 0.206 e. The van der Waals surface area contributed by atoms with Gasteiger partial charge in [0, 0.05) is 26.5 Å². The Morgan fingerprint density at radius 1 is 1.33 bits per heavy atom. The fourth-order valence-electron chi connectivity index (χ4n) is 1.59. The molecular weight excluding hydrogens is 292 g/mol. The minimum atomic E-state index is -3.17. The number of hydrogen-bond acceptors (Lipinski definition) is 5. The number of hydrazine groups is 1. The molecule has 1 aromatic carbocycles. The van der Waals surface area contributed by atoms with Crippen LogP contribution in [0.1, 0.15) is 12.0 Å². The van der Waals surface area contributed by atoms with Crippen molar-refractivity contribution in [2.45, 2.75) is 17.9 Å². The van der Waals surface area contributed by atoms with E-state index in [1.54, 1.807) is 31.4 Å². The Labute approximate surface area is 125 Å². The zero-order valence-corrected chi connectivity index (χ0v) is 13.1.